The Balaban J connectivity index is 0.000000317. The van der Waals surface area contributed by atoms with E-state index in [0.717, 1.165) is 18.2 Å². The van der Waals surface area contributed by atoms with Crippen molar-refractivity contribution in [1.29, 1.82) is 0 Å². The van der Waals surface area contributed by atoms with Gasteiger partial charge in [-0.1, -0.05) is 6.07 Å². The average molecular weight is 568 g/mol. The van der Waals surface area contributed by atoms with Gasteiger partial charge < -0.3 is 19.8 Å². The van der Waals surface area contributed by atoms with Crippen molar-refractivity contribution >= 4 is 17.8 Å². The molecular formula is C23H26F6N4O6. The van der Waals surface area contributed by atoms with Gasteiger partial charge in [-0.3, -0.25) is 14.5 Å². The SMILES string of the molecule is COCC1CN(C(=O)Cc2ccccn2)Cc2c1cnn2CC1CC1.O=C(O)C(F)(F)F.O=C(O)C(F)(F)F. The summed E-state index contributed by atoms with van der Waals surface area (Å²) in [5, 5.41) is 18.8. The van der Waals surface area contributed by atoms with E-state index in [9.17, 15) is 31.1 Å². The van der Waals surface area contributed by atoms with Crippen molar-refractivity contribution in [2.75, 3.05) is 20.3 Å². The van der Waals surface area contributed by atoms with Gasteiger partial charge in [0.2, 0.25) is 5.91 Å². The molecule has 2 aromatic rings. The molecule has 1 atom stereocenters. The van der Waals surface area contributed by atoms with E-state index < -0.39 is 24.3 Å². The highest BCUT2D eigenvalue weighted by atomic mass is 19.4. The lowest BCUT2D eigenvalue weighted by Crippen LogP contribution is -2.41. The van der Waals surface area contributed by atoms with Gasteiger partial charge in [-0.2, -0.15) is 31.4 Å². The van der Waals surface area contributed by atoms with Gasteiger partial charge >= 0.3 is 24.3 Å². The summed E-state index contributed by atoms with van der Waals surface area (Å²) in [4.78, 5) is 36.8. The molecule has 0 saturated heterocycles. The number of carbonyl (C=O) groups excluding carboxylic acids is 1. The zero-order valence-electron chi connectivity index (χ0n) is 20.6. The maximum Gasteiger partial charge on any atom is 0.490 e. The Hall–Kier alpha value is -3.69. The predicted molar refractivity (Wildman–Crippen MR) is 120 cm³/mol. The number of pyridine rings is 1. The van der Waals surface area contributed by atoms with Crippen molar-refractivity contribution in [1.82, 2.24) is 19.7 Å². The van der Waals surface area contributed by atoms with E-state index in [1.54, 1.807) is 13.3 Å². The molecule has 1 fully saturated rings. The van der Waals surface area contributed by atoms with E-state index in [0.29, 0.717) is 26.1 Å². The van der Waals surface area contributed by atoms with Crippen LogP contribution in [0.3, 0.4) is 0 Å². The first-order valence-electron chi connectivity index (χ1n) is 11.4. The zero-order chi connectivity index (χ0) is 29.4. The molecule has 216 valence electrons. The van der Waals surface area contributed by atoms with Gasteiger partial charge in [0.25, 0.3) is 0 Å². The van der Waals surface area contributed by atoms with Gasteiger partial charge in [0.1, 0.15) is 0 Å². The van der Waals surface area contributed by atoms with Crippen molar-refractivity contribution < 1.29 is 55.7 Å². The first-order valence-corrected chi connectivity index (χ1v) is 11.4. The lowest BCUT2D eigenvalue weighted by Gasteiger charge is -2.33. The van der Waals surface area contributed by atoms with Crippen molar-refractivity contribution in [2.45, 2.75) is 50.6 Å². The number of hydrogen-bond donors (Lipinski definition) is 2. The maximum atomic E-state index is 12.8. The van der Waals surface area contributed by atoms with Gasteiger partial charge in [0, 0.05) is 43.6 Å². The maximum absolute atomic E-state index is 12.8. The number of halogens is 6. The van der Waals surface area contributed by atoms with E-state index in [1.165, 1.54) is 24.1 Å². The summed E-state index contributed by atoms with van der Waals surface area (Å²) >= 11 is 0. The number of nitrogens with zero attached hydrogens (tertiary/aromatic N) is 4. The van der Waals surface area contributed by atoms with Gasteiger partial charge in [-0.05, 0) is 30.9 Å². The van der Waals surface area contributed by atoms with E-state index >= 15 is 0 Å². The number of methoxy groups -OCH3 is 1. The standard InChI is InChI=1S/C19H24N4O2.2C2HF3O2/c1-25-13-15-11-22(19(24)8-16-4-2-3-7-20-16)12-18-17(15)9-21-23(18)10-14-5-6-14;2*3-2(4,5)1(6)7/h2-4,7,9,14-15H,5-6,8,10-13H2,1H3;2*(H,6,7). The highest BCUT2D eigenvalue weighted by molar-refractivity contribution is 5.78. The Morgan fingerprint density at radius 1 is 1.05 bits per heavy atom. The molecule has 16 heteroatoms. The van der Waals surface area contributed by atoms with Crippen LogP contribution in [0.4, 0.5) is 26.3 Å². The van der Waals surface area contributed by atoms with Crippen LogP contribution in [-0.2, 0) is 38.6 Å². The van der Waals surface area contributed by atoms with E-state index in [4.69, 9.17) is 24.5 Å². The fraction of sp³-hybridized carbons (Fsp3) is 0.522. The second kappa shape index (κ2) is 13.4. The summed E-state index contributed by atoms with van der Waals surface area (Å²) in [5.74, 6) is -4.46. The number of amides is 1. The number of carbonyl (C=O) groups is 3. The van der Waals surface area contributed by atoms with E-state index in [2.05, 4.69) is 14.8 Å². The number of rotatable bonds is 6. The third-order valence-electron chi connectivity index (χ3n) is 5.59. The highest BCUT2D eigenvalue weighted by Crippen LogP contribution is 2.34. The Morgan fingerprint density at radius 3 is 2.10 bits per heavy atom. The Kier molecular flexibility index (Phi) is 10.8. The fourth-order valence-electron chi connectivity index (χ4n) is 3.55. The molecule has 0 bridgehead atoms. The lowest BCUT2D eigenvalue weighted by molar-refractivity contribution is -0.193. The third kappa shape index (κ3) is 10.2. The summed E-state index contributed by atoms with van der Waals surface area (Å²) in [6.45, 7) is 2.89. The van der Waals surface area contributed by atoms with Crippen LogP contribution in [-0.4, -0.2) is 80.3 Å². The van der Waals surface area contributed by atoms with Crippen LogP contribution in [0.25, 0.3) is 0 Å². The molecule has 10 nitrogen and oxygen atoms in total. The minimum atomic E-state index is -5.08. The van der Waals surface area contributed by atoms with Gasteiger partial charge in [0.05, 0.1) is 31.5 Å². The number of carboxylic acid groups (broad SMARTS) is 2. The smallest absolute Gasteiger partial charge is 0.475 e. The van der Waals surface area contributed by atoms with Crippen LogP contribution in [0.2, 0.25) is 0 Å². The molecule has 39 heavy (non-hydrogen) atoms. The molecule has 0 spiro atoms. The number of hydrogen-bond acceptors (Lipinski definition) is 6. The molecule has 0 aromatic carbocycles. The number of aliphatic carboxylic acids is 2. The molecule has 2 aromatic heterocycles. The Bertz CT molecular complexity index is 1090. The first-order chi connectivity index (χ1) is 18.1. The molecule has 3 heterocycles. The quantitative estimate of drug-likeness (QED) is 0.507. The molecule has 4 rings (SSSR count). The van der Waals surface area contributed by atoms with Crippen molar-refractivity contribution in [2.24, 2.45) is 5.92 Å². The van der Waals surface area contributed by atoms with Crippen LogP contribution < -0.4 is 0 Å². The topological polar surface area (TPSA) is 135 Å². The second-order valence-electron chi connectivity index (χ2n) is 8.70. The summed E-state index contributed by atoms with van der Waals surface area (Å²) in [6, 6.07) is 5.69. The van der Waals surface area contributed by atoms with Crippen molar-refractivity contribution in [3.05, 3.63) is 47.5 Å². The highest BCUT2D eigenvalue weighted by Gasteiger charge is 2.39. The molecule has 1 aliphatic carbocycles. The summed E-state index contributed by atoms with van der Waals surface area (Å²) in [5.41, 5.74) is 3.23. The Morgan fingerprint density at radius 2 is 1.64 bits per heavy atom. The molecule has 1 saturated carbocycles. The van der Waals surface area contributed by atoms with Crippen LogP contribution in [0, 0.1) is 5.92 Å². The number of aromatic nitrogens is 3. The number of alkyl halides is 6. The summed E-state index contributed by atoms with van der Waals surface area (Å²) < 4.78 is 71.0. The second-order valence-corrected chi connectivity index (χ2v) is 8.70. The Labute approximate surface area is 218 Å². The molecule has 1 unspecified atom stereocenters. The van der Waals surface area contributed by atoms with Crippen LogP contribution in [0.15, 0.2) is 30.6 Å². The summed E-state index contributed by atoms with van der Waals surface area (Å²) in [7, 11) is 1.71. The van der Waals surface area contributed by atoms with Gasteiger partial charge in [-0.25, -0.2) is 9.59 Å². The molecule has 0 radical (unpaired) electrons. The van der Waals surface area contributed by atoms with E-state index in [1.807, 2.05) is 29.3 Å². The molecule has 2 aliphatic rings. The predicted octanol–water partition coefficient (Wildman–Crippen LogP) is 3.27. The lowest BCUT2D eigenvalue weighted by atomic mass is 9.95. The number of ether oxygens (including phenoxy) is 1. The average Bonchev–Trinajstić information content (AvgIpc) is 3.57. The zero-order valence-corrected chi connectivity index (χ0v) is 20.6. The van der Waals surface area contributed by atoms with E-state index in [-0.39, 0.29) is 11.8 Å². The third-order valence-corrected chi connectivity index (χ3v) is 5.59. The molecule has 2 N–H and O–H groups in total. The van der Waals surface area contributed by atoms with Crippen LogP contribution in [0.1, 0.15) is 35.7 Å². The number of carboxylic acids is 2. The normalized spacial score (nSPS) is 16.7. The fourth-order valence-corrected chi connectivity index (χ4v) is 3.55. The van der Waals surface area contributed by atoms with Gasteiger partial charge in [-0.15, -0.1) is 0 Å². The molecular weight excluding hydrogens is 542 g/mol. The molecule has 1 aliphatic heterocycles. The monoisotopic (exact) mass is 568 g/mol. The van der Waals surface area contributed by atoms with Crippen molar-refractivity contribution in [3.63, 3.8) is 0 Å². The minimum Gasteiger partial charge on any atom is -0.475 e. The summed E-state index contributed by atoms with van der Waals surface area (Å²) in [6.07, 6.45) is -3.54. The minimum absolute atomic E-state index is 0.115. The van der Waals surface area contributed by atoms with Gasteiger partial charge in [0.15, 0.2) is 0 Å². The number of fused-ring (bicyclic) bond motifs is 1. The molecule has 1 amide bonds. The van der Waals surface area contributed by atoms with Crippen molar-refractivity contribution in [3.8, 4) is 0 Å². The van der Waals surface area contributed by atoms with Crippen LogP contribution >= 0.6 is 0 Å². The first kappa shape index (κ1) is 31.5. The largest absolute Gasteiger partial charge is 0.490 e. The van der Waals surface area contributed by atoms with Crippen LogP contribution in [0.5, 0.6) is 0 Å².